The standard InChI is InChI=1S/C5H9N2O2P/c6-4-5(7)2-1-3-10(8)9/h5H,1-3,7H2/p+1. The van der Waals surface area contributed by atoms with E-state index in [9.17, 15) is 4.57 Å². The molecular formula is C5H10N2O2P+. The van der Waals surface area contributed by atoms with Crippen LogP contribution in [0, 0.1) is 11.3 Å². The SMILES string of the molecule is N#CC(N)CCC[P+](=O)O. The highest BCUT2D eigenvalue weighted by atomic mass is 31.1. The van der Waals surface area contributed by atoms with Crippen molar-refractivity contribution < 1.29 is 9.46 Å². The van der Waals surface area contributed by atoms with Crippen LogP contribution in [0.25, 0.3) is 0 Å². The van der Waals surface area contributed by atoms with Gasteiger partial charge in [0.15, 0.2) is 6.16 Å². The van der Waals surface area contributed by atoms with Crippen LogP contribution in [0.2, 0.25) is 0 Å². The van der Waals surface area contributed by atoms with Crippen LogP contribution >= 0.6 is 8.03 Å². The number of hydrogen-bond donors (Lipinski definition) is 2. The summed E-state index contributed by atoms with van der Waals surface area (Å²) in [6, 6.07) is 1.35. The van der Waals surface area contributed by atoms with Gasteiger partial charge in [-0.3, -0.25) is 0 Å². The predicted octanol–water partition coefficient (Wildman–Crippen LogP) is 0.352. The molecule has 0 aliphatic carbocycles. The minimum Gasteiger partial charge on any atom is -0.316 e. The van der Waals surface area contributed by atoms with E-state index in [1.54, 1.807) is 0 Å². The van der Waals surface area contributed by atoms with Crippen LogP contribution in [0.3, 0.4) is 0 Å². The van der Waals surface area contributed by atoms with Gasteiger partial charge in [0.25, 0.3) is 0 Å². The van der Waals surface area contributed by atoms with E-state index in [4.69, 9.17) is 15.9 Å². The maximum atomic E-state index is 10.1. The van der Waals surface area contributed by atoms with Crippen molar-refractivity contribution in [2.45, 2.75) is 18.9 Å². The zero-order valence-electron chi connectivity index (χ0n) is 5.53. The minimum absolute atomic E-state index is 0.241. The van der Waals surface area contributed by atoms with E-state index in [2.05, 4.69) is 0 Å². The van der Waals surface area contributed by atoms with E-state index in [1.807, 2.05) is 6.07 Å². The van der Waals surface area contributed by atoms with E-state index in [1.165, 1.54) is 0 Å². The molecule has 4 nitrogen and oxygen atoms in total. The zero-order chi connectivity index (χ0) is 7.98. The van der Waals surface area contributed by atoms with Crippen molar-refractivity contribution in [2.75, 3.05) is 6.16 Å². The minimum atomic E-state index is -2.05. The number of nitriles is 1. The maximum absolute atomic E-state index is 10.1. The molecule has 0 bridgehead atoms. The van der Waals surface area contributed by atoms with Crippen LogP contribution < -0.4 is 5.73 Å². The Kier molecular flexibility index (Phi) is 5.05. The summed E-state index contributed by atoms with van der Waals surface area (Å²) in [5.41, 5.74) is 5.22. The van der Waals surface area contributed by atoms with E-state index in [0.29, 0.717) is 12.8 Å². The van der Waals surface area contributed by atoms with E-state index >= 15 is 0 Å². The zero-order valence-corrected chi connectivity index (χ0v) is 6.42. The molecule has 10 heavy (non-hydrogen) atoms. The molecule has 0 aromatic carbocycles. The first-order valence-corrected chi connectivity index (χ1v) is 4.35. The summed E-state index contributed by atoms with van der Waals surface area (Å²) in [5.74, 6) is 0. The molecule has 2 atom stereocenters. The Morgan fingerprint density at radius 1 is 1.80 bits per heavy atom. The summed E-state index contributed by atoms with van der Waals surface area (Å²) >= 11 is 0. The van der Waals surface area contributed by atoms with Gasteiger partial charge in [0.2, 0.25) is 0 Å². The van der Waals surface area contributed by atoms with Gasteiger partial charge < -0.3 is 5.73 Å². The van der Waals surface area contributed by atoms with Gasteiger partial charge in [0.1, 0.15) is 0 Å². The second-order valence-electron chi connectivity index (χ2n) is 1.95. The summed E-state index contributed by atoms with van der Waals surface area (Å²) in [7, 11) is -2.05. The first-order valence-electron chi connectivity index (χ1n) is 2.95. The van der Waals surface area contributed by atoms with Gasteiger partial charge in [0.05, 0.1) is 12.1 Å². The Hall–Kier alpha value is -0.490. The Morgan fingerprint density at radius 3 is 2.80 bits per heavy atom. The lowest BCUT2D eigenvalue weighted by Crippen LogP contribution is -2.16. The van der Waals surface area contributed by atoms with Gasteiger partial charge in [0, 0.05) is 0 Å². The first kappa shape index (κ1) is 9.51. The Balaban J connectivity index is 3.22. The molecule has 0 radical (unpaired) electrons. The van der Waals surface area contributed by atoms with Crippen LogP contribution in [0.15, 0.2) is 0 Å². The molecule has 0 rings (SSSR count). The normalized spacial score (nSPS) is 13.9. The third kappa shape index (κ3) is 5.64. The van der Waals surface area contributed by atoms with Gasteiger partial charge in [-0.15, -0.1) is 0 Å². The van der Waals surface area contributed by atoms with Crippen molar-refractivity contribution in [3.05, 3.63) is 0 Å². The molecule has 0 aromatic rings. The Morgan fingerprint density at radius 2 is 2.40 bits per heavy atom. The monoisotopic (exact) mass is 161 g/mol. The molecule has 0 amide bonds. The van der Waals surface area contributed by atoms with Crippen molar-refractivity contribution in [1.29, 1.82) is 5.26 Å². The molecular weight excluding hydrogens is 151 g/mol. The molecule has 0 spiro atoms. The van der Waals surface area contributed by atoms with Crippen LogP contribution in [0.5, 0.6) is 0 Å². The van der Waals surface area contributed by atoms with E-state index in [0.717, 1.165) is 0 Å². The molecule has 5 heteroatoms. The largest absolute Gasteiger partial charge is 0.505 e. The second kappa shape index (κ2) is 5.31. The van der Waals surface area contributed by atoms with Crippen LogP contribution in [-0.2, 0) is 4.57 Å². The average molecular weight is 161 g/mol. The second-order valence-corrected chi connectivity index (χ2v) is 3.11. The fourth-order valence-electron chi connectivity index (χ4n) is 0.511. The molecule has 2 unspecified atom stereocenters. The molecule has 0 aliphatic heterocycles. The fraction of sp³-hybridized carbons (Fsp3) is 0.800. The highest BCUT2D eigenvalue weighted by Crippen LogP contribution is 2.14. The van der Waals surface area contributed by atoms with Crippen molar-refractivity contribution in [3.8, 4) is 6.07 Å². The lowest BCUT2D eigenvalue weighted by Gasteiger charge is -1.94. The van der Waals surface area contributed by atoms with Crippen LogP contribution in [-0.4, -0.2) is 17.1 Å². The third-order valence-electron chi connectivity index (χ3n) is 1.03. The molecule has 0 saturated carbocycles. The summed E-state index contributed by atoms with van der Waals surface area (Å²) in [5, 5.41) is 8.19. The van der Waals surface area contributed by atoms with E-state index in [-0.39, 0.29) is 6.16 Å². The highest BCUT2D eigenvalue weighted by molar-refractivity contribution is 7.37. The fourth-order valence-corrected chi connectivity index (χ4v) is 0.964. The van der Waals surface area contributed by atoms with Gasteiger partial charge in [-0.05, 0) is 17.4 Å². The van der Waals surface area contributed by atoms with Crippen molar-refractivity contribution in [1.82, 2.24) is 0 Å². The molecule has 0 aliphatic rings. The first-order chi connectivity index (χ1) is 4.66. The van der Waals surface area contributed by atoms with Gasteiger partial charge in [-0.25, -0.2) is 0 Å². The number of nitrogens with two attached hydrogens (primary N) is 1. The lowest BCUT2D eigenvalue weighted by atomic mass is 10.2. The Labute approximate surface area is 60.5 Å². The smallest absolute Gasteiger partial charge is 0.316 e. The van der Waals surface area contributed by atoms with Gasteiger partial charge in [-0.1, -0.05) is 0 Å². The average Bonchev–Trinajstić information content (AvgIpc) is 1.87. The molecule has 0 saturated heterocycles. The predicted molar refractivity (Wildman–Crippen MR) is 37.5 cm³/mol. The third-order valence-corrected chi connectivity index (χ3v) is 1.73. The number of nitrogens with zero attached hydrogens (tertiary/aromatic N) is 1. The number of hydrogen-bond acceptors (Lipinski definition) is 3. The van der Waals surface area contributed by atoms with Gasteiger partial charge in [-0.2, -0.15) is 10.2 Å². The van der Waals surface area contributed by atoms with Crippen molar-refractivity contribution in [3.63, 3.8) is 0 Å². The van der Waals surface area contributed by atoms with Crippen LogP contribution in [0.4, 0.5) is 0 Å². The summed E-state index contributed by atoms with van der Waals surface area (Å²) < 4.78 is 10.1. The number of rotatable bonds is 4. The molecule has 0 aromatic heterocycles. The highest BCUT2D eigenvalue weighted by Gasteiger charge is 2.10. The topological polar surface area (TPSA) is 87.1 Å². The summed E-state index contributed by atoms with van der Waals surface area (Å²) in [6.45, 7) is 0. The summed E-state index contributed by atoms with van der Waals surface area (Å²) in [4.78, 5) is 8.32. The molecule has 56 valence electrons. The quantitative estimate of drug-likeness (QED) is 0.582. The van der Waals surface area contributed by atoms with Crippen molar-refractivity contribution in [2.24, 2.45) is 5.73 Å². The van der Waals surface area contributed by atoms with E-state index < -0.39 is 14.1 Å². The lowest BCUT2D eigenvalue weighted by molar-refractivity contribution is 0.499. The Bertz CT molecular complexity index is 154. The molecule has 0 heterocycles. The van der Waals surface area contributed by atoms with Gasteiger partial charge >= 0.3 is 8.03 Å². The maximum Gasteiger partial charge on any atom is 0.505 e. The molecule has 0 fully saturated rings. The van der Waals surface area contributed by atoms with Crippen LogP contribution in [0.1, 0.15) is 12.8 Å². The van der Waals surface area contributed by atoms with Crippen molar-refractivity contribution >= 4 is 8.03 Å². The molecule has 3 N–H and O–H groups in total. The summed E-state index contributed by atoms with van der Waals surface area (Å²) in [6.07, 6.45) is 1.28.